The highest BCUT2D eigenvalue weighted by Gasteiger charge is 2.33. The minimum Gasteiger partial charge on any atom is -0.494 e. The first-order chi connectivity index (χ1) is 18.4. The molecule has 3 aromatic carbocycles. The van der Waals surface area contributed by atoms with E-state index >= 15 is 0 Å². The molecular weight excluding hydrogens is 485 g/mol. The van der Waals surface area contributed by atoms with Gasteiger partial charge in [-0.05, 0) is 61.2 Å². The number of amides is 2. The fourth-order valence-electron chi connectivity index (χ4n) is 4.21. The van der Waals surface area contributed by atoms with Gasteiger partial charge in [0, 0.05) is 18.3 Å². The van der Waals surface area contributed by atoms with Crippen molar-refractivity contribution in [1.82, 2.24) is 20.3 Å². The molecule has 0 bridgehead atoms. The Labute approximate surface area is 221 Å². The van der Waals surface area contributed by atoms with Gasteiger partial charge in [-0.15, -0.1) is 5.10 Å². The molecule has 0 fully saturated rings. The second-order valence-electron chi connectivity index (χ2n) is 9.36. The Kier molecular flexibility index (Phi) is 8.68. The van der Waals surface area contributed by atoms with Gasteiger partial charge in [0.25, 0.3) is 0 Å². The Bertz CT molecular complexity index is 1390. The fourth-order valence-corrected chi connectivity index (χ4v) is 4.21. The molecule has 0 saturated heterocycles. The molecule has 0 saturated carbocycles. The second kappa shape index (κ2) is 12.3. The summed E-state index contributed by atoms with van der Waals surface area (Å²) in [6.07, 6.45) is 0.778. The largest absolute Gasteiger partial charge is 0.494 e. The normalized spacial score (nSPS) is 11.9. The highest BCUT2D eigenvalue weighted by molar-refractivity contribution is 6.01. The van der Waals surface area contributed by atoms with Gasteiger partial charge >= 0.3 is 0 Å². The molecule has 1 atom stereocenters. The summed E-state index contributed by atoms with van der Waals surface area (Å²) in [5.74, 6) is -0.232. The van der Waals surface area contributed by atoms with E-state index in [9.17, 15) is 14.0 Å². The third kappa shape index (κ3) is 6.34. The monoisotopic (exact) mass is 517 g/mol. The number of anilines is 1. The van der Waals surface area contributed by atoms with Crippen molar-refractivity contribution < 1.29 is 18.7 Å². The van der Waals surface area contributed by atoms with Crippen molar-refractivity contribution in [2.75, 3.05) is 18.1 Å². The molecule has 0 unspecified atom stereocenters. The number of hydrogen-bond acceptors (Lipinski definition) is 5. The number of ether oxygens (including phenoxy) is 1. The van der Waals surface area contributed by atoms with Crippen LogP contribution >= 0.6 is 0 Å². The molecular formula is C29H32FN5O3. The highest BCUT2D eigenvalue weighted by Crippen LogP contribution is 2.31. The number of nitrogens with one attached hydrogen (secondary N) is 1. The topological polar surface area (TPSA) is 89.3 Å². The molecule has 0 radical (unpaired) electrons. The van der Waals surface area contributed by atoms with Gasteiger partial charge in [0.2, 0.25) is 11.8 Å². The first kappa shape index (κ1) is 26.8. The zero-order chi connectivity index (χ0) is 27.1. The molecule has 4 rings (SSSR count). The maximum atomic E-state index is 14.0. The maximum absolute atomic E-state index is 14.0. The lowest BCUT2D eigenvalue weighted by molar-refractivity contribution is -0.127. The van der Waals surface area contributed by atoms with Crippen LogP contribution in [0.3, 0.4) is 0 Å². The van der Waals surface area contributed by atoms with E-state index in [4.69, 9.17) is 4.74 Å². The molecule has 198 valence electrons. The standard InChI is InChI=1S/C29H32FN5O3/c1-4-38-24-9-7-8-23(18-24)35(27(36)19-34-26-11-6-5-10-25(26)32-33-34)28(21-12-14-22(30)15-13-21)29(37)31-17-16-20(2)3/h5-15,18,20,28H,4,16-17,19H2,1-3H3,(H,31,37)/t28-/m1/s1. The van der Waals surface area contributed by atoms with Crippen molar-refractivity contribution in [2.45, 2.75) is 39.8 Å². The van der Waals surface area contributed by atoms with Crippen molar-refractivity contribution in [3.8, 4) is 5.75 Å². The molecule has 0 spiro atoms. The van der Waals surface area contributed by atoms with Crippen molar-refractivity contribution in [3.63, 3.8) is 0 Å². The van der Waals surface area contributed by atoms with Gasteiger partial charge in [0.15, 0.2) is 0 Å². The van der Waals surface area contributed by atoms with Crippen LogP contribution in [0.25, 0.3) is 11.0 Å². The average Bonchev–Trinajstić information content (AvgIpc) is 3.30. The molecule has 0 aliphatic rings. The van der Waals surface area contributed by atoms with Crippen molar-refractivity contribution in [2.24, 2.45) is 5.92 Å². The average molecular weight is 518 g/mol. The molecule has 1 heterocycles. The van der Waals surface area contributed by atoms with Gasteiger partial charge in [-0.2, -0.15) is 0 Å². The van der Waals surface area contributed by atoms with E-state index in [1.54, 1.807) is 24.3 Å². The lowest BCUT2D eigenvalue weighted by Crippen LogP contribution is -2.45. The number of hydrogen-bond donors (Lipinski definition) is 1. The summed E-state index contributed by atoms with van der Waals surface area (Å²) in [5.41, 5.74) is 2.31. The van der Waals surface area contributed by atoms with E-state index in [1.807, 2.05) is 31.2 Å². The van der Waals surface area contributed by atoms with Gasteiger partial charge in [-0.3, -0.25) is 14.5 Å². The lowest BCUT2D eigenvalue weighted by Gasteiger charge is -2.32. The number of benzene rings is 3. The molecule has 2 amide bonds. The summed E-state index contributed by atoms with van der Waals surface area (Å²) in [7, 11) is 0. The van der Waals surface area contributed by atoms with E-state index < -0.39 is 11.9 Å². The van der Waals surface area contributed by atoms with Crippen LogP contribution in [-0.4, -0.2) is 40.0 Å². The van der Waals surface area contributed by atoms with Crippen LogP contribution in [-0.2, 0) is 16.1 Å². The quantitative estimate of drug-likeness (QED) is 0.306. The predicted molar refractivity (Wildman–Crippen MR) is 144 cm³/mol. The first-order valence-corrected chi connectivity index (χ1v) is 12.7. The molecule has 1 N–H and O–H groups in total. The number of fused-ring (bicyclic) bond motifs is 1. The number of para-hydroxylation sites is 1. The zero-order valence-electron chi connectivity index (χ0n) is 21.8. The summed E-state index contributed by atoms with van der Waals surface area (Å²) < 4.78 is 21.0. The summed E-state index contributed by atoms with van der Waals surface area (Å²) in [5, 5.41) is 11.3. The maximum Gasteiger partial charge on any atom is 0.249 e. The van der Waals surface area contributed by atoms with Crippen LogP contribution < -0.4 is 15.0 Å². The zero-order valence-corrected chi connectivity index (χ0v) is 21.8. The van der Waals surface area contributed by atoms with Crippen molar-refractivity contribution in [3.05, 3.63) is 84.2 Å². The van der Waals surface area contributed by atoms with E-state index in [-0.39, 0.29) is 18.4 Å². The number of carbonyl (C=O) groups is 2. The third-order valence-electron chi connectivity index (χ3n) is 6.09. The predicted octanol–water partition coefficient (Wildman–Crippen LogP) is 4.91. The molecule has 0 aliphatic heterocycles. The van der Waals surface area contributed by atoms with Gasteiger partial charge in [0.05, 0.1) is 12.1 Å². The number of carbonyl (C=O) groups excluding carboxylic acids is 2. The van der Waals surface area contributed by atoms with Gasteiger partial charge < -0.3 is 10.1 Å². The molecule has 38 heavy (non-hydrogen) atoms. The van der Waals surface area contributed by atoms with E-state index in [2.05, 4.69) is 29.5 Å². The minimum atomic E-state index is -1.05. The Morgan fingerprint density at radius 2 is 1.82 bits per heavy atom. The van der Waals surface area contributed by atoms with E-state index in [0.29, 0.717) is 47.1 Å². The number of nitrogens with zero attached hydrogens (tertiary/aromatic N) is 4. The molecule has 8 nitrogen and oxygen atoms in total. The SMILES string of the molecule is CCOc1cccc(N(C(=O)Cn2nnc3ccccc32)[C@@H](C(=O)NCCC(C)C)c2ccc(F)cc2)c1. The first-order valence-electron chi connectivity index (χ1n) is 12.7. The van der Waals surface area contributed by atoms with E-state index in [1.165, 1.54) is 33.8 Å². The van der Waals surface area contributed by atoms with Crippen LogP contribution in [0.2, 0.25) is 0 Å². The molecule has 0 aliphatic carbocycles. The van der Waals surface area contributed by atoms with Crippen LogP contribution in [0.1, 0.15) is 38.8 Å². The Balaban J connectivity index is 1.78. The van der Waals surface area contributed by atoms with Gasteiger partial charge in [-0.1, -0.05) is 49.4 Å². The fraction of sp³-hybridized carbons (Fsp3) is 0.310. The second-order valence-corrected chi connectivity index (χ2v) is 9.36. The molecule has 4 aromatic rings. The summed E-state index contributed by atoms with van der Waals surface area (Å²) >= 11 is 0. The number of aromatic nitrogens is 3. The Morgan fingerprint density at radius 3 is 2.55 bits per heavy atom. The number of halogens is 1. The number of rotatable bonds is 11. The van der Waals surface area contributed by atoms with Gasteiger partial charge in [0.1, 0.15) is 29.7 Å². The third-order valence-corrected chi connectivity index (χ3v) is 6.09. The summed E-state index contributed by atoms with van der Waals surface area (Å²) in [4.78, 5) is 29.2. The lowest BCUT2D eigenvalue weighted by atomic mass is 10.0. The van der Waals surface area contributed by atoms with E-state index in [0.717, 1.165) is 6.42 Å². The van der Waals surface area contributed by atoms with Crippen LogP contribution in [0.15, 0.2) is 72.8 Å². The highest BCUT2D eigenvalue weighted by atomic mass is 19.1. The summed E-state index contributed by atoms with van der Waals surface area (Å²) in [6.45, 7) is 6.75. The molecule has 1 aromatic heterocycles. The van der Waals surface area contributed by atoms with Crippen LogP contribution in [0.5, 0.6) is 5.75 Å². The smallest absolute Gasteiger partial charge is 0.249 e. The Hall–Kier alpha value is -4.27. The molecule has 9 heteroatoms. The van der Waals surface area contributed by atoms with Crippen molar-refractivity contribution in [1.29, 1.82) is 0 Å². The van der Waals surface area contributed by atoms with Crippen LogP contribution in [0.4, 0.5) is 10.1 Å². The minimum absolute atomic E-state index is 0.156. The van der Waals surface area contributed by atoms with Crippen molar-refractivity contribution >= 4 is 28.5 Å². The Morgan fingerprint density at radius 1 is 1.05 bits per heavy atom. The summed E-state index contributed by atoms with van der Waals surface area (Å²) in [6, 6.07) is 18.9. The van der Waals surface area contributed by atoms with Gasteiger partial charge in [-0.25, -0.2) is 9.07 Å². The van der Waals surface area contributed by atoms with Crippen LogP contribution in [0, 0.1) is 11.7 Å².